The van der Waals surface area contributed by atoms with Crippen LogP contribution in [0.1, 0.15) is 31.4 Å². The van der Waals surface area contributed by atoms with Crippen molar-refractivity contribution in [3.63, 3.8) is 0 Å². The van der Waals surface area contributed by atoms with Gasteiger partial charge in [0.1, 0.15) is 11.5 Å². The molecule has 3 heterocycles. The van der Waals surface area contributed by atoms with Gasteiger partial charge in [-0.2, -0.15) is 0 Å². The summed E-state index contributed by atoms with van der Waals surface area (Å²) in [6, 6.07) is 10.6. The van der Waals surface area contributed by atoms with Crippen molar-refractivity contribution in [1.82, 2.24) is 10.2 Å². The SMILES string of the molecule is O=C(NCc1ccco1)C1CC(=O)N(c2ccc(OCC(=O)N3CCCCC3)cc2)C1. The monoisotopic (exact) mass is 425 g/mol. The van der Waals surface area contributed by atoms with Gasteiger partial charge in [-0.25, -0.2) is 0 Å². The number of amides is 3. The molecule has 2 aliphatic rings. The Bertz CT molecular complexity index is 904. The van der Waals surface area contributed by atoms with Crippen LogP contribution in [0.25, 0.3) is 0 Å². The lowest BCUT2D eigenvalue weighted by atomic mass is 10.1. The summed E-state index contributed by atoms with van der Waals surface area (Å²) in [6.45, 7) is 2.25. The molecule has 1 atom stereocenters. The second-order valence-electron chi connectivity index (χ2n) is 7.93. The van der Waals surface area contributed by atoms with Gasteiger partial charge in [0.2, 0.25) is 11.8 Å². The highest BCUT2D eigenvalue weighted by Gasteiger charge is 2.35. The molecule has 1 unspecified atom stereocenters. The molecule has 164 valence electrons. The highest BCUT2D eigenvalue weighted by atomic mass is 16.5. The fourth-order valence-corrected chi connectivity index (χ4v) is 3.97. The molecular weight excluding hydrogens is 398 g/mol. The first-order chi connectivity index (χ1) is 15.1. The highest BCUT2D eigenvalue weighted by molar-refractivity contribution is 6.00. The summed E-state index contributed by atoms with van der Waals surface area (Å²) in [7, 11) is 0. The minimum Gasteiger partial charge on any atom is -0.484 e. The average molecular weight is 425 g/mol. The van der Waals surface area contributed by atoms with Crippen LogP contribution < -0.4 is 15.0 Å². The Morgan fingerprint density at radius 3 is 2.58 bits per heavy atom. The van der Waals surface area contributed by atoms with Gasteiger partial charge in [0, 0.05) is 31.7 Å². The largest absolute Gasteiger partial charge is 0.484 e. The zero-order valence-corrected chi connectivity index (χ0v) is 17.4. The molecular formula is C23H27N3O5. The van der Waals surface area contributed by atoms with E-state index in [9.17, 15) is 14.4 Å². The van der Waals surface area contributed by atoms with Gasteiger partial charge >= 0.3 is 0 Å². The van der Waals surface area contributed by atoms with E-state index in [-0.39, 0.29) is 30.7 Å². The molecule has 8 heteroatoms. The number of likely N-dealkylation sites (tertiary alicyclic amines) is 1. The molecule has 1 aromatic heterocycles. The summed E-state index contributed by atoms with van der Waals surface area (Å²) in [5.41, 5.74) is 0.709. The number of benzene rings is 1. The molecule has 4 rings (SSSR count). The predicted octanol–water partition coefficient (Wildman–Crippen LogP) is 2.34. The van der Waals surface area contributed by atoms with E-state index in [2.05, 4.69) is 5.32 Å². The van der Waals surface area contributed by atoms with E-state index in [4.69, 9.17) is 9.15 Å². The second-order valence-corrected chi connectivity index (χ2v) is 7.93. The molecule has 0 radical (unpaired) electrons. The first-order valence-corrected chi connectivity index (χ1v) is 10.7. The van der Waals surface area contributed by atoms with Crippen LogP contribution in [0.5, 0.6) is 5.75 Å². The zero-order valence-electron chi connectivity index (χ0n) is 17.4. The fourth-order valence-electron chi connectivity index (χ4n) is 3.97. The zero-order chi connectivity index (χ0) is 21.6. The smallest absolute Gasteiger partial charge is 0.260 e. The summed E-state index contributed by atoms with van der Waals surface area (Å²) in [4.78, 5) is 40.5. The van der Waals surface area contributed by atoms with E-state index >= 15 is 0 Å². The maximum Gasteiger partial charge on any atom is 0.260 e. The molecule has 0 spiro atoms. The number of nitrogens with zero attached hydrogens (tertiary/aromatic N) is 2. The van der Waals surface area contributed by atoms with Crippen molar-refractivity contribution in [2.75, 3.05) is 31.1 Å². The highest BCUT2D eigenvalue weighted by Crippen LogP contribution is 2.27. The van der Waals surface area contributed by atoms with Gasteiger partial charge in [0.05, 0.1) is 18.7 Å². The third-order valence-electron chi connectivity index (χ3n) is 5.73. The van der Waals surface area contributed by atoms with E-state index in [1.165, 1.54) is 6.42 Å². The average Bonchev–Trinajstić information content (AvgIpc) is 3.46. The van der Waals surface area contributed by atoms with E-state index in [0.717, 1.165) is 25.9 Å². The Hall–Kier alpha value is -3.29. The van der Waals surface area contributed by atoms with Crippen molar-refractivity contribution in [3.05, 3.63) is 48.4 Å². The third kappa shape index (κ3) is 5.25. The predicted molar refractivity (Wildman–Crippen MR) is 113 cm³/mol. The normalized spacial score (nSPS) is 18.8. The van der Waals surface area contributed by atoms with Crippen LogP contribution in [0, 0.1) is 5.92 Å². The van der Waals surface area contributed by atoms with Gasteiger partial charge in [0.25, 0.3) is 5.91 Å². The number of hydrogen-bond acceptors (Lipinski definition) is 5. The van der Waals surface area contributed by atoms with Gasteiger partial charge in [-0.15, -0.1) is 0 Å². The Balaban J connectivity index is 1.27. The molecule has 2 fully saturated rings. The lowest BCUT2D eigenvalue weighted by molar-refractivity contribution is -0.134. The van der Waals surface area contributed by atoms with Crippen molar-refractivity contribution in [1.29, 1.82) is 0 Å². The van der Waals surface area contributed by atoms with Crippen molar-refractivity contribution < 1.29 is 23.5 Å². The molecule has 2 aliphatic heterocycles. The number of carbonyl (C=O) groups is 3. The summed E-state index contributed by atoms with van der Waals surface area (Å²) in [6.07, 6.45) is 5.00. The molecule has 2 saturated heterocycles. The van der Waals surface area contributed by atoms with Crippen LogP contribution in [-0.2, 0) is 20.9 Å². The van der Waals surface area contributed by atoms with Gasteiger partial charge in [-0.3, -0.25) is 14.4 Å². The topological polar surface area (TPSA) is 92.1 Å². The first kappa shape index (κ1) is 21.0. The summed E-state index contributed by atoms with van der Waals surface area (Å²) < 4.78 is 10.8. The molecule has 0 aliphatic carbocycles. The quantitative estimate of drug-likeness (QED) is 0.735. The molecule has 0 saturated carbocycles. The minimum absolute atomic E-state index is 0.00176. The van der Waals surface area contributed by atoms with Gasteiger partial charge in [0.15, 0.2) is 6.61 Å². The van der Waals surface area contributed by atoms with Crippen LogP contribution in [-0.4, -0.2) is 48.9 Å². The Morgan fingerprint density at radius 2 is 1.87 bits per heavy atom. The van der Waals surface area contributed by atoms with Crippen molar-refractivity contribution in [3.8, 4) is 5.75 Å². The molecule has 31 heavy (non-hydrogen) atoms. The standard InChI is InChI=1S/C23H27N3O5/c27-21-13-17(23(29)24-14-20-5-4-12-30-20)15-26(21)18-6-8-19(9-7-18)31-16-22(28)25-10-2-1-3-11-25/h4-9,12,17H,1-3,10-11,13-16H2,(H,24,29). The Labute approximate surface area is 181 Å². The number of anilines is 1. The van der Waals surface area contributed by atoms with E-state index in [1.807, 2.05) is 4.90 Å². The van der Waals surface area contributed by atoms with Crippen LogP contribution >= 0.6 is 0 Å². The van der Waals surface area contributed by atoms with Crippen molar-refractivity contribution in [2.24, 2.45) is 5.92 Å². The van der Waals surface area contributed by atoms with Crippen molar-refractivity contribution >= 4 is 23.4 Å². The third-order valence-corrected chi connectivity index (χ3v) is 5.73. The first-order valence-electron chi connectivity index (χ1n) is 10.7. The van der Waals surface area contributed by atoms with Gasteiger partial charge in [-0.05, 0) is 55.7 Å². The second kappa shape index (κ2) is 9.68. The molecule has 1 aromatic carbocycles. The number of furan rings is 1. The van der Waals surface area contributed by atoms with E-state index < -0.39 is 5.92 Å². The number of hydrogen-bond donors (Lipinski definition) is 1. The lowest BCUT2D eigenvalue weighted by Gasteiger charge is -2.26. The summed E-state index contributed by atoms with van der Waals surface area (Å²) >= 11 is 0. The number of piperidine rings is 1. The number of nitrogens with one attached hydrogen (secondary N) is 1. The van der Waals surface area contributed by atoms with E-state index in [0.29, 0.717) is 30.3 Å². The maximum absolute atomic E-state index is 12.4. The molecule has 1 N–H and O–H groups in total. The lowest BCUT2D eigenvalue weighted by Crippen LogP contribution is -2.38. The number of ether oxygens (including phenoxy) is 1. The maximum atomic E-state index is 12.4. The van der Waals surface area contributed by atoms with E-state index in [1.54, 1.807) is 47.6 Å². The molecule has 8 nitrogen and oxygen atoms in total. The minimum atomic E-state index is -0.402. The fraction of sp³-hybridized carbons (Fsp3) is 0.435. The Kier molecular flexibility index (Phi) is 6.54. The summed E-state index contributed by atoms with van der Waals surface area (Å²) in [5.74, 6) is 0.593. The van der Waals surface area contributed by atoms with Crippen molar-refractivity contribution in [2.45, 2.75) is 32.2 Å². The molecule has 0 bridgehead atoms. The molecule has 2 aromatic rings. The van der Waals surface area contributed by atoms with Crippen LogP contribution in [0.4, 0.5) is 5.69 Å². The van der Waals surface area contributed by atoms with Gasteiger partial charge in [-0.1, -0.05) is 0 Å². The summed E-state index contributed by atoms with van der Waals surface area (Å²) in [5, 5.41) is 2.82. The number of rotatable bonds is 7. The van der Waals surface area contributed by atoms with Crippen LogP contribution in [0.2, 0.25) is 0 Å². The van der Waals surface area contributed by atoms with Crippen LogP contribution in [0.15, 0.2) is 47.1 Å². The van der Waals surface area contributed by atoms with Gasteiger partial charge < -0.3 is 24.3 Å². The Morgan fingerprint density at radius 1 is 1.10 bits per heavy atom. The molecule has 3 amide bonds. The van der Waals surface area contributed by atoms with Crippen LogP contribution in [0.3, 0.4) is 0 Å². The number of carbonyl (C=O) groups excluding carboxylic acids is 3.